The zero-order valence-corrected chi connectivity index (χ0v) is 17.8. The SMILES string of the molecule is C=C[C@H]1CC[C@H](CC(F)(F)OCc2ccc([C@H]3CC[C@H](C=CC)CC3)cc2)CC1. The van der Waals surface area contributed by atoms with E-state index in [1.807, 2.05) is 18.2 Å². The maximum atomic E-state index is 14.3. The summed E-state index contributed by atoms with van der Waals surface area (Å²) in [7, 11) is 0. The van der Waals surface area contributed by atoms with Crippen LogP contribution in [0.25, 0.3) is 0 Å². The number of hydrogen-bond acceptors (Lipinski definition) is 1. The second-order valence-electron chi connectivity index (χ2n) is 9.03. The largest absolute Gasteiger partial charge is 0.356 e. The minimum atomic E-state index is -3.05. The Morgan fingerprint density at radius 1 is 0.966 bits per heavy atom. The van der Waals surface area contributed by atoms with Crippen LogP contribution in [0.5, 0.6) is 0 Å². The van der Waals surface area contributed by atoms with E-state index in [1.54, 1.807) is 0 Å². The Balaban J connectivity index is 1.44. The Hall–Kier alpha value is -1.48. The molecule has 1 aromatic rings. The van der Waals surface area contributed by atoms with Crippen molar-refractivity contribution in [1.82, 2.24) is 0 Å². The van der Waals surface area contributed by atoms with E-state index in [0.717, 1.165) is 37.2 Å². The first kappa shape index (κ1) is 22.2. The third kappa shape index (κ3) is 6.77. The van der Waals surface area contributed by atoms with Gasteiger partial charge in [0, 0.05) is 6.42 Å². The Bertz CT molecular complexity index is 648. The molecule has 0 heterocycles. The summed E-state index contributed by atoms with van der Waals surface area (Å²) in [5, 5.41) is 0. The highest BCUT2D eigenvalue weighted by Gasteiger charge is 2.35. The summed E-state index contributed by atoms with van der Waals surface area (Å²) in [6.07, 6.45) is 11.8. The van der Waals surface area contributed by atoms with Crippen LogP contribution in [0, 0.1) is 17.8 Å². The number of halogens is 2. The van der Waals surface area contributed by atoms with Crippen LogP contribution in [0.1, 0.15) is 81.8 Å². The predicted octanol–water partition coefficient (Wildman–Crippen LogP) is 8.03. The van der Waals surface area contributed by atoms with E-state index in [4.69, 9.17) is 4.74 Å². The molecule has 0 aromatic heterocycles. The molecule has 0 N–H and O–H groups in total. The van der Waals surface area contributed by atoms with Crippen molar-refractivity contribution in [3.63, 3.8) is 0 Å². The second kappa shape index (κ2) is 10.5. The summed E-state index contributed by atoms with van der Waals surface area (Å²) in [6, 6.07) is 8.12. The van der Waals surface area contributed by atoms with E-state index in [2.05, 4.69) is 37.8 Å². The fourth-order valence-corrected chi connectivity index (χ4v) is 5.02. The van der Waals surface area contributed by atoms with Crippen LogP contribution in [0.2, 0.25) is 0 Å². The maximum absolute atomic E-state index is 14.3. The molecule has 0 aliphatic heterocycles. The van der Waals surface area contributed by atoms with Gasteiger partial charge in [0.05, 0.1) is 6.61 Å². The van der Waals surface area contributed by atoms with Crippen LogP contribution >= 0.6 is 0 Å². The summed E-state index contributed by atoms with van der Waals surface area (Å²) in [5.74, 6) is 1.87. The van der Waals surface area contributed by atoms with Crippen LogP contribution in [0.3, 0.4) is 0 Å². The molecular formula is C26H36F2O. The van der Waals surface area contributed by atoms with Gasteiger partial charge < -0.3 is 4.74 Å². The molecule has 2 aliphatic rings. The zero-order chi connectivity index (χ0) is 20.7. The quantitative estimate of drug-likeness (QED) is 0.400. The fourth-order valence-electron chi connectivity index (χ4n) is 5.02. The van der Waals surface area contributed by atoms with Crippen LogP contribution in [-0.4, -0.2) is 6.11 Å². The van der Waals surface area contributed by atoms with Gasteiger partial charge in [0.25, 0.3) is 0 Å². The third-order valence-electron chi connectivity index (χ3n) is 6.89. The molecule has 29 heavy (non-hydrogen) atoms. The average Bonchev–Trinajstić information content (AvgIpc) is 2.74. The molecule has 2 fully saturated rings. The number of allylic oxidation sites excluding steroid dienone is 3. The van der Waals surface area contributed by atoms with Crippen molar-refractivity contribution in [2.24, 2.45) is 17.8 Å². The van der Waals surface area contributed by atoms with E-state index < -0.39 is 6.11 Å². The first-order valence-corrected chi connectivity index (χ1v) is 11.3. The van der Waals surface area contributed by atoms with Crippen LogP contribution < -0.4 is 0 Å². The van der Waals surface area contributed by atoms with Crippen molar-refractivity contribution in [1.29, 1.82) is 0 Å². The minimum absolute atomic E-state index is 0.0245. The highest BCUT2D eigenvalue weighted by atomic mass is 19.3. The molecule has 0 atom stereocenters. The maximum Gasteiger partial charge on any atom is 0.356 e. The monoisotopic (exact) mass is 402 g/mol. The highest BCUT2D eigenvalue weighted by molar-refractivity contribution is 5.25. The van der Waals surface area contributed by atoms with Crippen molar-refractivity contribution < 1.29 is 13.5 Å². The average molecular weight is 403 g/mol. The molecule has 2 saturated carbocycles. The van der Waals surface area contributed by atoms with Crippen molar-refractivity contribution in [2.75, 3.05) is 0 Å². The van der Waals surface area contributed by atoms with Crippen molar-refractivity contribution in [3.8, 4) is 0 Å². The molecule has 0 amide bonds. The van der Waals surface area contributed by atoms with Crippen LogP contribution in [0.4, 0.5) is 8.78 Å². The number of rotatable bonds is 8. The third-order valence-corrected chi connectivity index (χ3v) is 6.89. The van der Waals surface area contributed by atoms with Gasteiger partial charge in [-0.25, -0.2) is 0 Å². The van der Waals surface area contributed by atoms with Crippen molar-refractivity contribution >= 4 is 0 Å². The Kier molecular flexibility index (Phi) is 8.06. The van der Waals surface area contributed by atoms with Gasteiger partial charge in [0.15, 0.2) is 0 Å². The number of hydrogen-bond donors (Lipinski definition) is 0. The second-order valence-corrected chi connectivity index (χ2v) is 9.03. The van der Waals surface area contributed by atoms with Gasteiger partial charge in [0.2, 0.25) is 0 Å². The lowest BCUT2D eigenvalue weighted by atomic mass is 9.78. The smallest absolute Gasteiger partial charge is 0.316 e. The van der Waals surface area contributed by atoms with E-state index in [1.165, 1.54) is 31.2 Å². The van der Waals surface area contributed by atoms with E-state index >= 15 is 0 Å². The minimum Gasteiger partial charge on any atom is -0.316 e. The van der Waals surface area contributed by atoms with Gasteiger partial charge in [-0.2, -0.15) is 8.78 Å². The molecule has 0 saturated heterocycles. The zero-order valence-electron chi connectivity index (χ0n) is 17.8. The van der Waals surface area contributed by atoms with Gasteiger partial charge in [-0.15, -0.1) is 6.58 Å². The number of alkyl halides is 2. The van der Waals surface area contributed by atoms with Crippen molar-refractivity contribution in [3.05, 3.63) is 60.2 Å². The van der Waals surface area contributed by atoms with Gasteiger partial charge >= 0.3 is 6.11 Å². The topological polar surface area (TPSA) is 9.23 Å². The van der Waals surface area contributed by atoms with E-state index in [9.17, 15) is 8.78 Å². The van der Waals surface area contributed by atoms with E-state index in [0.29, 0.717) is 11.8 Å². The van der Waals surface area contributed by atoms with Gasteiger partial charge in [0.1, 0.15) is 0 Å². The molecule has 0 spiro atoms. The van der Waals surface area contributed by atoms with E-state index in [-0.39, 0.29) is 18.9 Å². The first-order valence-electron chi connectivity index (χ1n) is 11.3. The molecule has 0 bridgehead atoms. The Morgan fingerprint density at radius 3 is 2.17 bits per heavy atom. The molecule has 0 unspecified atom stereocenters. The highest BCUT2D eigenvalue weighted by Crippen LogP contribution is 2.38. The summed E-state index contributed by atoms with van der Waals surface area (Å²) >= 11 is 0. The molecule has 1 nitrogen and oxygen atoms in total. The standard InChI is InChI=1S/C26H36F2O/c1-3-5-21-10-14-24(15-11-21)25-16-12-23(13-17-25)19-29-26(27,28)18-22-8-6-20(4-2)7-9-22/h3-5,12-13,16-17,20-22,24H,2,6-11,14-15,18-19H2,1H3/t20-,21-,22-,24-. The summed E-state index contributed by atoms with van der Waals surface area (Å²) < 4.78 is 33.6. The first-order chi connectivity index (χ1) is 14.0. The lowest BCUT2D eigenvalue weighted by molar-refractivity contribution is -0.256. The molecule has 160 valence electrons. The van der Waals surface area contributed by atoms with Gasteiger partial charge in [-0.3, -0.25) is 0 Å². The summed E-state index contributed by atoms with van der Waals surface area (Å²) in [4.78, 5) is 0. The molecular weight excluding hydrogens is 366 g/mol. The molecule has 1 aromatic carbocycles. The molecule has 3 heteroatoms. The Morgan fingerprint density at radius 2 is 1.59 bits per heavy atom. The Labute approximate surface area is 175 Å². The summed E-state index contributed by atoms with van der Waals surface area (Å²) in [6.45, 7) is 5.88. The number of ether oxygens (including phenoxy) is 1. The van der Waals surface area contributed by atoms with Crippen molar-refractivity contribution in [2.45, 2.75) is 83.3 Å². The van der Waals surface area contributed by atoms with Crippen LogP contribution in [0.15, 0.2) is 49.1 Å². The van der Waals surface area contributed by atoms with Gasteiger partial charge in [-0.05, 0) is 93.1 Å². The fraction of sp³-hybridized carbons (Fsp3) is 0.615. The normalized spacial score (nSPS) is 28.5. The van der Waals surface area contributed by atoms with Gasteiger partial charge in [-0.1, -0.05) is 42.5 Å². The lowest BCUT2D eigenvalue weighted by Crippen LogP contribution is -2.26. The number of benzene rings is 1. The predicted molar refractivity (Wildman–Crippen MR) is 116 cm³/mol. The summed E-state index contributed by atoms with van der Waals surface area (Å²) in [5.41, 5.74) is 2.16. The molecule has 0 radical (unpaired) electrons. The molecule has 2 aliphatic carbocycles. The van der Waals surface area contributed by atoms with Crippen LogP contribution in [-0.2, 0) is 11.3 Å². The molecule has 3 rings (SSSR count). The lowest BCUT2D eigenvalue weighted by Gasteiger charge is -2.29.